The molecular weight excluding hydrogens is 176 g/mol. The summed E-state index contributed by atoms with van der Waals surface area (Å²) < 4.78 is 5.55. The van der Waals surface area contributed by atoms with Gasteiger partial charge in [0.2, 0.25) is 0 Å². The Bertz CT molecular complexity index is 334. The summed E-state index contributed by atoms with van der Waals surface area (Å²) in [6.45, 7) is 6.40. The fraction of sp³-hybridized carbons (Fsp3) is 0.455. The number of hydrogen-bond acceptors (Lipinski definition) is 3. The van der Waals surface area contributed by atoms with Crippen LogP contribution in [-0.2, 0) is 0 Å². The van der Waals surface area contributed by atoms with Gasteiger partial charge in [0.15, 0.2) is 0 Å². The molecule has 0 aromatic carbocycles. The highest BCUT2D eigenvalue weighted by atomic mass is 16.5. The Hall–Kier alpha value is -1.38. The fourth-order valence-electron chi connectivity index (χ4n) is 1.15. The van der Waals surface area contributed by atoms with Crippen molar-refractivity contribution in [2.75, 3.05) is 6.61 Å². The third-order valence-corrected chi connectivity index (χ3v) is 1.87. The molecule has 0 aliphatic heterocycles. The summed E-state index contributed by atoms with van der Waals surface area (Å²) >= 11 is 0. The van der Waals surface area contributed by atoms with E-state index in [1.165, 1.54) is 0 Å². The molecule has 1 aromatic heterocycles. The van der Waals surface area contributed by atoms with Crippen LogP contribution >= 0.6 is 0 Å². The number of nitrogens with zero attached hydrogens (tertiary/aromatic N) is 1. The Morgan fingerprint density at radius 3 is 2.86 bits per heavy atom. The summed E-state index contributed by atoms with van der Waals surface area (Å²) in [5, 5.41) is 7.56. The molecule has 0 aliphatic rings. The van der Waals surface area contributed by atoms with Crippen molar-refractivity contribution in [2.45, 2.75) is 27.2 Å². The monoisotopic (exact) mass is 192 g/mol. The molecule has 0 atom stereocenters. The molecular formula is C11H16N2O. The normalized spacial score (nSPS) is 9.93. The van der Waals surface area contributed by atoms with E-state index in [9.17, 15) is 0 Å². The molecule has 0 amide bonds. The third kappa shape index (κ3) is 2.55. The van der Waals surface area contributed by atoms with Gasteiger partial charge in [-0.15, -0.1) is 0 Å². The predicted octanol–water partition coefficient (Wildman–Crippen LogP) is 2.57. The van der Waals surface area contributed by atoms with Gasteiger partial charge in [-0.05, 0) is 20.3 Å². The molecule has 0 saturated carbocycles. The molecule has 0 aliphatic carbocycles. The van der Waals surface area contributed by atoms with E-state index >= 15 is 0 Å². The van der Waals surface area contributed by atoms with Gasteiger partial charge in [-0.1, -0.05) is 6.92 Å². The largest absolute Gasteiger partial charge is 0.493 e. The van der Waals surface area contributed by atoms with Crippen LogP contribution in [0.25, 0.3) is 0 Å². The quantitative estimate of drug-likeness (QED) is 0.745. The van der Waals surface area contributed by atoms with Crippen molar-refractivity contribution in [3.05, 3.63) is 23.5 Å². The molecule has 0 spiro atoms. The Morgan fingerprint density at radius 2 is 2.29 bits per heavy atom. The maximum Gasteiger partial charge on any atom is 0.131 e. The molecule has 3 nitrogen and oxygen atoms in total. The van der Waals surface area contributed by atoms with Gasteiger partial charge in [-0.2, -0.15) is 0 Å². The van der Waals surface area contributed by atoms with Gasteiger partial charge in [-0.25, -0.2) is 0 Å². The minimum Gasteiger partial charge on any atom is -0.493 e. The van der Waals surface area contributed by atoms with Crippen molar-refractivity contribution < 1.29 is 4.74 Å². The lowest BCUT2D eigenvalue weighted by molar-refractivity contribution is 0.316. The lowest BCUT2D eigenvalue weighted by atomic mass is 10.1. The maximum atomic E-state index is 7.56. The molecule has 1 rings (SSSR count). The van der Waals surface area contributed by atoms with Crippen LogP contribution in [0.15, 0.2) is 12.3 Å². The molecule has 76 valence electrons. The minimum absolute atomic E-state index is 0.489. The molecule has 14 heavy (non-hydrogen) atoms. The summed E-state index contributed by atoms with van der Waals surface area (Å²) in [4.78, 5) is 4.15. The zero-order valence-electron chi connectivity index (χ0n) is 8.92. The number of aryl methyl sites for hydroxylation is 1. The molecule has 1 N–H and O–H groups in total. The summed E-state index contributed by atoms with van der Waals surface area (Å²) in [5.74, 6) is 0.770. The molecule has 3 heteroatoms. The maximum absolute atomic E-state index is 7.56. The van der Waals surface area contributed by atoms with Crippen molar-refractivity contribution >= 4 is 5.71 Å². The standard InChI is InChI=1S/C11H16N2O/c1-4-5-14-11-6-8(2)13-7-10(11)9(3)12/h6-7,12H,4-5H2,1-3H3. The Labute approximate surface area is 84.6 Å². The van der Waals surface area contributed by atoms with Crippen molar-refractivity contribution in [2.24, 2.45) is 0 Å². The first-order chi connectivity index (χ1) is 6.65. The number of pyridine rings is 1. The topological polar surface area (TPSA) is 46.0 Å². The Balaban J connectivity index is 2.97. The second-order valence-corrected chi connectivity index (χ2v) is 3.30. The van der Waals surface area contributed by atoms with Crippen molar-refractivity contribution in [1.82, 2.24) is 4.98 Å². The van der Waals surface area contributed by atoms with Gasteiger partial charge in [0.1, 0.15) is 5.75 Å². The molecule has 0 radical (unpaired) electrons. The van der Waals surface area contributed by atoms with Crippen LogP contribution in [0.2, 0.25) is 0 Å². The van der Waals surface area contributed by atoms with Gasteiger partial charge in [0, 0.05) is 23.7 Å². The zero-order chi connectivity index (χ0) is 10.6. The van der Waals surface area contributed by atoms with Crippen LogP contribution < -0.4 is 4.74 Å². The van der Waals surface area contributed by atoms with Crippen LogP contribution in [0.3, 0.4) is 0 Å². The fourth-order valence-corrected chi connectivity index (χ4v) is 1.15. The second-order valence-electron chi connectivity index (χ2n) is 3.30. The van der Waals surface area contributed by atoms with E-state index in [2.05, 4.69) is 11.9 Å². The van der Waals surface area contributed by atoms with E-state index < -0.39 is 0 Å². The average Bonchev–Trinajstić information content (AvgIpc) is 2.14. The van der Waals surface area contributed by atoms with Crippen LogP contribution in [0.1, 0.15) is 31.5 Å². The van der Waals surface area contributed by atoms with Crippen LogP contribution in [0, 0.1) is 12.3 Å². The van der Waals surface area contributed by atoms with Gasteiger partial charge >= 0.3 is 0 Å². The number of ether oxygens (including phenoxy) is 1. The summed E-state index contributed by atoms with van der Waals surface area (Å²) in [6, 6.07) is 1.88. The Morgan fingerprint density at radius 1 is 1.57 bits per heavy atom. The zero-order valence-corrected chi connectivity index (χ0v) is 8.92. The van der Waals surface area contributed by atoms with Crippen molar-refractivity contribution in [1.29, 1.82) is 5.41 Å². The molecule has 0 bridgehead atoms. The predicted molar refractivity (Wildman–Crippen MR) is 57.3 cm³/mol. The first-order valence-electron chi connectivity index (χ1n) is 4.80. The lowest BCUT2D eigenvalue weighted by Crippen LogP contribution is -2.03. The molecule has 1 aromatic rings. The van der Waals surface area contributed by atoms with Crippen molar-refractivity contribution in [3.63, 3.8) is 0 Å². The number of hydrogen-bond donors (Lipinski definition) is 1. The van der Waals surface area contributed by atoms with Crippen LogP contribution in [0.5, 0.6) is 5.75 Å². The van der Waals surface area contributed by atoms with Gasteiger partial charge < -0.3 is 10.1 Å². The number of nitrogens with one attached hydrogen (secondary N) is 1. The third-order valence-electron chi connectivity index (χ3n) is 1.87. The van der Waals surface area contributed by atoms with E-state index in [0.717, 1.165) is 23.4 Å². The lowest BCUT2D eigenvalue weighted by Gasteiger charge is -2.09. The average molecular weight is 192 g/mol. The van der Waals surface area contributed by atoms with E-state index in [4.69, 9.17) is 10.1 Å². The van der Waals surface area contributed by atoms with Gasteiger partial charge in [-0.3, -0.25) is 4.98 Å². The Kier molecular flexibility index (Phi) is 3.63. The highest BCUT2D eigenvalue weighted by Gasteiger charge is 2.06. The highest BCUT2D eigenvalue weighted by Crippen LogP contribution is 2.19. The van der Waals surface area contributed by atoms with Gasteiger partial charge in [0.05, 0.1) is 12.2 Å². The number of aromatic nitrogens is 1. The smallest absolute Gasteiger partial charge is 0.131 e. The molecule has 1 heterocycles. The molecule has 0 fully saturated rings. The van der Waals surface area contributed by atoms with E-state index in [-0.39, 0.29) is 0 Å². The second kappa shape index (κ2) is 4.74. The van der Waals surface area contributed by atoms with Crippen molar-refractivity contribution in [3.8, 4) is 5.75 Å². The van der Waals surface area contributed by atoms with Crippen LogP contribution in [-0.4, -0.2) is 17.3 Å². The summed E-state index contributed by atoms with van der Waals surface area (Å²) in [6.07, 6.45) is 2.67. The van der Waals surface area contributed by atoms with Gasteiger partial charge in [0.25, 0.3) is 0 Å². The van der Waals surface area contributed by atoms with E-state index in [0.29, 0.717) is 12.3 Å². The van der Waals surface area contributed by atoms with E-state index in [1.54, 1.807) is 13.1 Å². The van der Waals surface area contributed by atoms with Crippen LogP contribution in [0.4, 0.5) is 0 Å². The first kappa shape index (κ1) is 10.7. The summed E-state index contributed by atoms with van der Waals surface area (Å²) in [7, 11) is 0. The number of rotatable bonds is 4. The summed E-state index contributed by atoms with van der Waals surface area (Å²) in [5.41, 5.74) is 2.19. The highest BCUT2D eigenvalue weighted by molar-refractivity contribution is 5.98. The first-order valence-corrected chi connectivity index (χ1v) is 4.80. The molecule has 0 saturated heterocycles. The minimum atomic E-state index is 0.489. The SMILES string of the molecule is CCCOc1cc(C)ncc1C(C)=N. The molecule has 0 unspecified atom stereocenters. The van der Waals surface area contributed by atoms with E-state index in [1.807, 2.05) is 13.0 Å².